The third kappa shape index (κ3) is 7.24. The van der Waals surface area contributed by atoms with Crippen molar-refractivity contribution in [1.29, 1.82) is 0 Å². The number of fused-ring (bicyclic) bond motifs is 2. The van der Waals surface area contributed by atoms with Crippen molar-refractivity contribution >= 4 is 23.4 Å². The first-order chi connectivity index (χ1) is 21.2. The summed E-state index contributed by atoms with van der Waals surface area (Å²) in [5, 5.41) is 9.92. The van der Waals surface area contributed by atoms with Crippen molar-refractivity contribution in [2.75, 3.05) is 58.9 Å². The minimum Gasteiger partial charge on any atom is -0.350 e. The molecular weight excluding hydrogens is 583 g/mol. The van der Waals surface area contributed by atoms with Gasteiger partial charge in [-0.2, -0.15) is 0 Å². The molecule has 5 saturated heterocycles. The number of rotatable bonds is 6. The minimum absolute atomic E-state index is 0.0391. The second-order valence-corrected chi connectivity index (χ2v) is 15.4. The fraction of sp³-hybridized carbons (Fsp3) is 0.938. The highest BCUT2D eigenvalue weighted by atomic mass is 35.5. The van der Waals surface area contributed by atoms with Crippen LogP contribution in [-0.4, -0.2) is 127 Å². The van der Waals surface area contributed by atoms with Crippen molar-refractivity contribution in [3.05, 3.63) is 0 Å². The standard InChI is InChI=1S/C32H56ClFN8O2/c33-24-18-37-19-26(28(24)41-12-5-21(6-13-41)31(44)42-15-14-40-11-7-23(42)20-40)39-30(43)27(29(35)36)25-16-32(8-2-1-3-9-32)10-4-22(34)17-38-25/h21-29,37-38H,1-20,35-36H2,(H,39,43). The number of hydrogen-bond donors (Lipinski definition) is 5. The first kappa shape index (κ1) is 32.8. The van der Waals surface area contributed by atoms with Crippen LogP contribution in [0.3, 0.4) is 0 Å². The van der Waals surface area contributed by atoms with Gasteiger partial charge in [0.15, 0.2) is 0 Å². The molecule has 2 amide bonds. The van der Waals surface area contributed by atoms with Crippen LogP contribution >= 0.6 is 11.6 Å². The van der Waals surface area contributed by atoms with E-state index < -0.39 is 18.3 Å². The maximum atomic E-state index is 14.8. The summed E-state index contributed by atoms with van der Waals surface area (Å²) < 4.78 is 14.8. The fourth-order valence-corrected chi connectivity index (χ4v) is 10.0. The van der Waals surface area contributed by atoms with Gasteiger partial charge in [0.2, 0.25) is 11.8 Å². The monoisotopic (exact) mass is 638 g/mol. The number of piperidine rings is 2. The number of likely N-dealkylation sites (tertiary alicyclic amines) is 1. The highest BCUT2D eigenvalue weighted by Crippen LogP contribution is 2.46. The molecule has 0 aromatic heterocycles. The van der Waals surface area contributed by atoms with E-state index in [1.165, 1.54) is 6.42 Å². The topological polar surface area (TPSA) is 132 Å². The van der Waals surface area contributed by atoms with Gasteiger partial charge in [-0.1, -0.05) is 19.3 Å². The molecule has 0 radical (unpaired) electrons. The summed E-state index contributed by atoms with van der Waals surface area (Å²) in [6, 6.07) is -0.179. The Morgan fingerprint density at radius 3 is 2.45 bits per heavy atom. The molecule has 1 aliphatic carbocycles. The Bertz CT molecular complexity index is 993. The predicted molar refractivity (Wildman–Crippen MR) is 171 cm³/mol. The Kier molecular flexibility index (Phi) is 10.7. The molecule has 250 valence electrons. The van der Waals surface area contributed by atoms with Crippen molar-refractivity contribution in [2.45, 2.75) is 113 Å². The number of carbonyl (C=O) groups excluding carboxylic acids is 2. The zero-order valence-corrected chi connectivity index (χ0v) is 27.2. The number of alkyl halides is 2. The largest absolute Gasteiger partial charge is 0.350 e. The van der Waals surface area contributed by atoms with Crippen LogP contribution in [0.15, 0.2) is 0 Å². The van der Waals surface area contributed by atoms with E-state index in [0.717, 1.165) is 97.1 Å². The van der Waals surface area contributed by atoms with Crippen LogP contribution < -0.4 is 27.4 Å². The molecule has 1 spiro atoms. The van der Waals surface area contributed by atoms with E-state index in [9.17, 15) is 14.0 Å². The Hall–Kier alpha value is -1.08. The van der Waals surface area contributed by atoms with E-state index in [1.54, 1.807) is 0 Å². The molecule has 10 nitrogen and oxygen atoms in total. The molecule has 1 saturated carbocycles. The number of piperazine rings is 1. The first-order valence-electron chi connectivity index (χ1n) is 17.5. The Morgan fingerprint density at radius 1 is 0.932 bits per heavy atom. The maximum Gasteiger partial charge on any atom is 0.227 e. The summed E-state index contributed by atoms with van der Waals surface area (Å²) >= 11 is 6.96. The summed E-state index contributed by atoms with van der Waals surface area (Å²) in [4.78, 5) is 34.6. The molecule has 8 atom stereocenters. The van der Waals surface area contributed by atoms with Crippen LogP contribution in [-0.2, 0) is 9.59 Å². The number of carbonyl (C=O) groups is 2. The first-order valence-corrected chi connectivity index (χ1v) is 18.0. The van der Waals surface area contributed by atoms with Crippen LogP contribution in [0.25, 0.3) is 0 Å². The van der Waals surface area contributed by atoms with Gasteiger partial charge in [-0.15, -0.1) is 11.6 Å². The SMILES string of the molecule is NC(N)C(C(=O)NC1CNCC(Cl)C1N1CCC(C(=O)N2CCN3CCC2C3)CC1)C1CC2(CCCCC2)CCC(F)CN1. The molecule has 0 aromatic rings. The Balaban J connectivity index is 1.10. The Morgan fingerprint density at radius 2 is 1.70 bits per heavy atom. The molecular formula is C32H56ClFN8O2. The van der Waals surface area contributed by atoms with Gasteiger partial charge in [-0.05, 0) is 69.9 Å². The van der Waals surface area contributed by atoms with Gasteiger partial charge in [0.1, 0.15) is 6.17 Å². The fourth-order valence-electron chi connectivity index (χ4n) is 9.56. The lowest BCUT2D eigenvalue weighted by Crippen LogP contribution is -2.68. The lowest BCUT2D eigenvalue weighted by atomic mass is 9.65. The predicted octanol–water partition coefficient (Wildman–Crippen LogP) is 0.969. The summed E-state index contributed by atoms with van der Waals surface area (Å²) in [5.41, 5.74) is 12.7. The highest BCUT2D eigenvalue weighted by molar-refractivity contribution is 6.21. The van der Waals surface area contributed by atoms with Crippen LogP contribution in [0.5, 0.6) is 0 Å². The molecule has 5 aliphatic heterocycles. The summed E-state index contributed by atoms with van der Waals surface area (Å²) in [5.74, 6) is -0.470. The zero-order valence-electron chi connectivity index (χ0n) is 26.4. The van der Waals surface area contributed by atoms with Crippen molar-refractivity contribution in [3.63, 3.8) is 0 Å². The maximum absolute atomic E-state index is 14.8. The average molecular weight is 639 g/mol. The number of nitrogens with two attached hydrogens (primary N) is 2. The number of halogens is 2. The minimum atomic E-state index is -0.934. The number of nitrogens with one attached hydrogen (secondary N) is 3. The average Bonchev–Trinajstić information content (AvgIpc) is 3.38. The van der Waals surface area contributed by atoms with E-state index in [2.05, 4.69) is 30.7 Å². The second-order valence-electron chi connectivity index (χ2n) is 14.9. The van der Waals surface area contributed by atoms with Crippen molar-refractivity contribution in [1.82, 2.24) is 30.7 Å². The van der Waals surface area contributed by atoms with Gasteiger partial charge in [0, 0.05) is 69.9 Å². The van der Waals surface area contributed by atoms with Crippen LogP contribution in [0.1, 0.15) is 70.6 Å². The van der Waals surface area contributed by atoms with Gasteiger partial charge in [-0.3, -0.25) is 19.4 Å². The van der Waals surface area contributed by atoms with E-state index in [0.29, 0.717) is 31.5 Å². The third-order valence-corrected chi connectivity index (χ3v) is 12.5. The van der Waals surface area contributed by atoms with E-state index in [-0.39, 0.29) is 47.3 Å². The number of amides is 2. The van der Waals surface area contributed by atoms with Gasteiger partial charge in [0.05, 0.1) is 23.5 Å². The normalized spacial score (nSPS) is 37.8. The van der Waals surface area contributed by atoms with Gasteiger partial charge in [0.25, 0.3) is 0 Å². The van der Waals surface area contributed by atoms with Crippen LogP contribution in [0, 0.1) is 17.3 Å². The van der Waals surface area contributed by atoms with E-state index >= 15 is 0 Å². The highest BCUT2D eigenvalue weighted by Gasteiger charge is 2.45. The van der Waals surface area contributed by atoms with Gasteiger partial charge in [-0.25, -0.2) is 4.39 Å². The molecule has 12 heteroatoms. The number of hydrogen-bond acceptors (Lipinski definition) is 8. The van der Waals surface area contributed by atoms with Crippen molar-refractivity contribution < 1.29 is 14.0 Å². The van der Waals surface area contributed by atoms with E-state index in [4.69, 9.17) is 23.1 Å². The third-order valence-electron chi connectivity index (χ3n) is 12.1. The molecule has 44 heavy (non-hydrogen) atoms. The van der Waals surface area contributed by atoms with Crippen molar-refractivity contribution in [2.24, 2.45) is 28.7 Å². The quantitative estimate of drug-likeness (QED) is 0.215. The molecule has 6 rings (SSSR count). The summed E-state index contributed by atoms with van der Waals surface area (Å²) in [7, 11) is 0. The van der Waals surface area contributed by atoms with Crippen LogP contribution in [0.4, 0.5) is 4.39 Å². The summed E-state index contributed by atoms with van der Waals surface area (Å²) in [6.45, 7) is 7.02. The van der Waals surface area contributed by atoms with Crippen molar-refractivity contribution in [3.8, 4) is 0 Å². The molecule has 5 heterocycles. The molecule has 0 aromatic carbocycles. The van der Waals surface area contributed by atoms with E-state index in [1.807, 2.05) is 0 Å². The molecule has 6 fully saturated rings. The smallest absolute Gasteiger partial charge is 0.227 e. The molecule has 6 aliphatic rings. The van der Waals surface area contributed by atoms with Gasteiger partial charge < -0.3 is 32.3 Å². The lowest BCUT2D eigenvalue weighted by molar-refractivity contribution is -0.140. The molecule has 7 N–H and O–H groups in total. The lowest BCUT2D eigenvalue weighted by Gasteiger charge is -2.47. The van der Waals surface area contributed by atoms with Crippen LogP contribution in [0.2, 0.25) is 0 Å². The summed E-state index contributed by atoms with van der Waals surface area (Å²) in [6.07, 6.45) is 8.82. The number of nitrogens with zero attached hydrogens (tertiary/aromatic N) is 3. The Labute approximate surface area is 267 Å². The zero-order chi connectivity index (χ0) is 30.8. The molecule has 8 unspecified atom stereocenters. The van der Waals surface area contributed by atoms with Gasteiger partial charge >= 0.3 is 0 Å². The molecule has 2 bridgehead atoms. The second kappa shape index (κ2) is 14.4.